The van der Waals surface area contributed by atoms with Gasteiger partial charge in [-0.25, -0.2) is 4.52 Å². The van der Waals surface area contributed by atoms with Gasteiger partial charge in [0.25, 0.3) is 7.94 Å². The van der Waals surface area contributed by atoms with E-state index >= 15 is 0 Å². The van der Waals surface area contributed by atoms with Gasteiger partial charge < -0.3 is 23.8 Å². The van der Waals surface area contributed by atoms with Gasteiger partial charge in [-0.1, -0.05) is 121 Å². The molecule has 220 valence electrons. The largest absolute Gasteiger partial charge is 0.629 e. The van der Waals surface area contributed by atoms with Crippen molar-refractivity contribution in [3.05, 3.63) is 144 Å². The molecule has 5 atom stereocenters. The second kappa shape index (κ2) is 15.5. The summed E-state index contributed by atoms with van der Waals surface area (Å²) in [6, 6.07) is 39.3. The predicted octanol–water partition coefficient (Wildman–Crippen LogP) is 6.09. The zero-order valence-electron chi connectivity index (χ0n) is 23.7. The van der Waals surface area contributed by atoms with Crippen LogP contribution in [0.2, 0.25) is 0 Å². The lowest BCUT2D eigenvalue weighted by Gasteiger charge is -2.47. The van der Waals surface area contributed by atoms with Gasteiger partial charge >= 0.3 is 0 Å². The summed E-state index contributed by atoms with van der Waals surface area (Å²) >= 11 is 0. The maximum atomic E-state index is 14.3. The molecule has 0 radical (unpaired) electrons. The quantitative estimate of drug-likeness (QED) is 0.165. The first-order valence-electron chi connectivity index (χ1n) is 14.1. The molecule has 0 aromatic heterocycles. The van der Waals surface area contributed by atoms with Crippen LogP contribution in [-0.2, 0) is 54.4 Å². The number of rotatable bonds is 14. The van der Waals surface area contributed by atoms with Gasteiger partial charge in [-0.15, -0.1) is 0 Å². The summed E-state index contributed by atoms with van der Waals surface area (Å²) in [4.78, 5) is 14.3. The highest BCUT2D eigenvalue weighted by Crippen LogP contribution is 2.63. The van der Waals surface area contributed by atoms with Crippen molar-refractivity contribution in [2.24, 2.45) is 0 Å². The molecule has 0 bridgehead atoms. The molecule has 1 heterocycles. The van der Waals surface area contributed by atoms with E-state index in [0.717, 1.165) is 22.3 Å². The molecule has 5 rings (SSSR count). The van der Waals surface area contributed by atoms with Gasteiger partial charge in [-0.3, -0.25) is 0 Å². The van der Waals surface area contributed by atoms with Crippen LogP contribution in [0.4, 0.5) is 0 Å². The smallest absolute Gasteiger partial charge is 0.270 e. The highest BCUT2D eigenvalue weighted by atomic mass is 31.2. The molecule has 0 amide bonds. The van der Waals surface area contributed by atoms with Gasteiger partial charge in [-0.05, 0) is 22.3 Å². The molecule has 4 aromatic carbocycles. The van der Waals surface area contributed by atoms with E-state index in [2.05, 4.69) is 0 Å². The van der Waals surface area contributed by atoms with Gasteiger partial charge in [0, 0.05) is 0 Å². The highest BCUT2D eigenvalue weighted by molar-refractivity contribution is 7.59. The minimum absolute atomic E-state index is 0.123. The van der Waals surface area contributed by atoms with Crippen LogP contribution in [0.25, 0.3) is 0 Å². The molecule has 42 heavy (non-hydrogen) atoms. The SMILES string of the molecule is CO[P+]1([O-])O[C@H](COCc2ccccc2)[C@@H](OCc2ccccc2)[C@H](OCc2ccccc2)[C@@H]1OCc1ccccc1. The molecule has 1 fully saturated rings. The van der Waals surface area contributed by atoms with E-state index in [1.165, 1.54) is 7.11 Å². The molecule has 1 aliphatic heterocycles. The summed E-state index contributed by atoms with van der Waals surface area (Å²) < 4.78 is 37.3. The lowest BCUT2D eigenvalue weighted by Crippen LogP contribution is -2.58. The molecule has 7 nitrogen and oxygen atoms in total. The number of hydrogen-bond acceptors (Lipinski definition) is 7. The summed E-state index contributed by atoms with van der Waals surface area (Å²) in [6.07, 6.45) is -2.18. The molecular formula is C34H37O7P. The first kappa shape index (κ1) is 30.5. The van der Waals surface area contributed by atoms with E-state index in [9.17, 15) is 4.89 Å². The van der Waals surface area contributed by atoms with Crippen molar-refractivity contribution in [2.75, 3.05) is 13.7 Å². The minimum Gasteiger partial charge on any atom is -0.629 e. The van der Waals surface area contributed by atoms with Crippen LogP contribution in [0.5, 0.6) is 0 Å². The van der Waals surface area contributed by atoms with Gasteiger partial charge in [0.1, 0.15) is 6.10 Å². The topological polar surface area (TPSA) is 78.4 Å². The van der Waals surface area contributed by atoms with Crippen LogP contribution in [0.3, 0.4) is 0 Å². The molecule has 1 saturated heterocycles. The summed E-state index contributed by atoms with van der Waals surface area (Å²) in [7, 11) is -2.45. The fourth-order valence-corrected chi connectivity index (χ4v) is 6.70. The van der Waals surface area contributed by atoms with Gasteiger partial charge in [0.15, 0.2) is 12.2 Å². The van der Waals surface area contributed by atoms with Gasteiger partial charge in [0.2, 0.25) is 5.85 Å². The first-order valence-corrected chi connectivity index (χ1v) is 15.7. The summed E-state index contributed by atoms with van der Waals surface area (Å²) in [5.74, 6) is -1.03. The van der Waals surface area contributed by atoms with Crippen molar-refractivity contribution in [1.82, 2.24) is 0 Å². The van der Waals surface area contributed by atoms with Crippen LogP contribution < -0.4 is 4.89 Å². The van der Waals surface area contributed by atoms with Crippen molar-refractivity contribution >= 4 is 7.94 Å². The van der Waals surface area contributed by atoms with Crippen molar-refractivity contribution in [3.63, 3.8) is 0 Å². The molecule has 0 N–H and O–H groups in total. The normalized spacial score (nSPS) is 24.0. The Morgan fingerprint density at radius 3 is 1.43 bits per heavy atom. The van der Waals surface area contributed by atoms with Crippen molar-refractivity contribution < 1.29 is 32.9 Å². The molecule has 0 saturated carbocycles. The third-order valence-electron chi connectivity index (χ3n) is 7.05. The van der Waals surface area contributed by atoms with Gasteiger partial charge in [0.05, 0.1) is 40.1 Å². The standard InChI is InChI=1S/C34H37O7P/c1-36-42(35)34(40-25-30-20-12-5-13-21-30)33(39-24-29-18-10-4-11-19-29)32(38-23-28-16-8-3-9-17-28)31(41-42)26-37-22-27-14-6-2-7-15-27/h2-21,31-34H,22-26H2,1H3/t31-,32-,33+,34-,42?/m1/s1. The van der Waals surface area contributed by atoms with Crippen LogP contribution in [0.1, 0.15) is 22.3 Å². The fraction of sp³-hybridized carbons (Fsp3) is 0.294. The number of ether oxygens (including phenoxy) is 4. The fourth-order valence-electron chi connectivity index (χ4n) is 4.86. The Labute approximate surface area is 248 Å². The molecule has 8 heteroatoms. The lowest BCUT2D eigenvalue weighted by molar-refractivity contribution is -0.273. The maximum absolute atomic E-state index is 14.3. The number of hydrogen-bond donors (Lipinski definition) is 0. The summed E-state index contributed by atoms with van der Waals surface area (Å²) in [6.45, 7) is 1.26. The lowest BCUT2D eigenvalue weighted by atomic mass is 10.1. The van der Waals surface area contributed by atoms with Crippen molar-refractivity contribution in [2.45, 2.75) is 50.6 Å². The third-order valence-corrected chi connectivity index (χ3v) is 9.19. The third kappa shape index (κ3) is 8.32. The molecular weight excluding hydrogens is 551 g/mol. The Morgan fingerprint density at radius 2 is 0.976 bits per heavy atom. The Kier molecular flexibility index (Phi) is 11.2. The average molecular weight is 589 g/mol. The molecule has 4 aromatic rings. The van der Waals surface area contributed by atoms with E-state index in [0.29, 0.717) is 13.2 Å². The van der Waals surface area contributed by atoms with Crippen molar-refractivity contribution in [3.8, 4) is 0 Å². The van der Waals surface area contributed by atoms with Crippen LogP contribution in [0.15, 0.2) is 121 Å². The average Bonchev–Trinajstić information content (AvgIpc) is 3.05. The van der Waals surface area contributed by atoms with E-state index in [4.69, 9.17) is 28.0 Å². The second-order valence-corrected chi connectivity index (χ2v) is 12.2. The monoisotopic (exact) mass is 588 g/mol. The first-order chi connectivity index (χ1) is 20.6. The van der Waals surface area contributed by atoms with Crippen molar-refractivity contribution in [1.29, 1.82) is 0 Å². The Bertz CT molecular complexity index is 1310. The Hall–Kier alpha value is -2.97. The molecule has 1 aliphatic rings. The minimum atomic E-state index is -3.83. The Balaban J connectivity index is 1.42. The van der Waals surface area contributed by atoms with Crippen LogP contribution >= 0.6 is 7.94 Å². The van der Waals surface area contributed by atoms with Crippen LogP contribution in [0, 0.1) is 0 Å². The summed E-state index contributed by atoms with van der Waals surface area (Å²) in [5, 5.41) is 0. The number of benzene rings is 4. The van der Waals surface area contributed by atoms with Crippen LogP contribution in [-0.4, -0.2) is 37.9 Å². The molecule has 1 unspecified atom stereocenters. The zero-order valence-corrected chi connectivity index (χ0v) is 24.6. The predicted molar refractivity (Wildman–Crippen MR) is 160 cm³/mol. The molecule has 0 spiro atoms. The van der Waals surface area contributed by atoms with Gasteiger partial charge in [-0.2, -0.15) is 4.52 Å². The van der Waals surface area contributed by atoms with E-state index in [-0.39, 0.29) is 19.8 Å². The summed E-state index contributed by atoms with van der Waals surface area (Å²) in [5.41, 5.74) is 3.91. The molecule has 0 aliphatic carbocycles. The van der Waals surface area contributed by atoms with E-state index < -0.39 is 32.1 Å². The van der Waals surface area contributed by atoms with E-state index in [1.807, 2.05) is 121 Å². The maximum Gasteiger partial charge on any atom is 0.270 e. The zero-order chi connectivity index (χ0) is 29.0. The highest BCUT2D eigenvalue weighted by Gasteiger charge is 2.59. The Morgan fingerprint density at radius 1 is 0.571 bits per heavy atom. The second-order valence-electron chi connectivity index (χ2n) is 10.1. The van der Waals surface area contributed by atoms with E-state index in [1.54, 1.807) is 0 Å².